The summed E-state index contributed by atoms with van der Waals surface area (Å²) in [6, 6.07) is 12.4. The van der Waals surface area contributed by atoms with Gasteiger partial charge in [-0.3, -0.25) is 4.79 Å². The zero-order chi connectivity index (χ0) is 25.7. The first-order valence-corrected chi connectivity index (χ1v) is 12.0. The number of nitrogens with zero attached hydrogens (tertiary/aromatic N) is 2. The van der Waals surface area contributed by atoms with Crippen LogP contribution in [0.1, 0.15) is 41.1 Å². The van der Waals surface area contributed by atoms with Gasteiger partial charge in [-0.25, -0.2) is 9.78 Å². The van der Waals surface area contributed by atoms with Crippen molar-refractivity contribution in [2.75, 3.05) is 13.2 Å². The fourth-order valence-electron chi connectivity index (χ4n) is 4.28. The largest absolute Gasteiger partial charge is 0.493 e. The van der Waals surface area contributed by atoms with Crippen molar-refractivity contribution in [3.8, 4) is 17.2 Å². The number of carbonyl (C=O) groups excluding carboxylic acids is 1. The Morgan fingerprint density at radius 2 is 1.94 bits per heavy atom. The Hall–Kier alpha value is -4.13. The molecule has 4 rings (SSSR count). The van der Waals surface area contributed by atoms with E-state index in [0.717, 1.165) is 22.6 Å². The van der Waals surface area contributed by atoms with Crippen LogP contribution in [0.3, 0.4) is 0 Å². The van der Waals surface area contributed by atoms with Gasteiger partial charge in [-0.2, -0.15) is 0 Å². The number of benzene rings is 2. The molecular formula is C29H30N2O5. The Morgan fingerprint density at radius 3 is 2.67 bits per heavy atom. The van der Waals surface area contributed by atoms with E-state index >= 15 is 0 Å². The van der Waals surface area contributed by atoms with Gasteiger partial charge >= 0.3 is 5.97 Å². The summed E-state index contributed by atoms with van der Waals surface area (Å²) < 4.78 is 11.8. The van der Waals surface area contributed by atoms with Crippen molar-refractivity contribution in [2.45, 2.75) is 39.7 Å². The number of rotatable bonds is 8. The molecule has 1 aliphatic rings. The molecule has 1 N–H and O–H groups in total. The molecular weight excluding hydrogens is 456 g/mol. The van der Waals surface area contributed by atoms with Gasteiger partial charge in [0, 0.05) is 24.6 Å². The minimum atomic E-state index is -1.07. The number of amides is 1. The SMILES string of the molecule is CC=CC=CC(=O)N1CCc2ccc(OCCc3nc(-c4ccc(C)cc4)oc3C)cc2C1C(=O)O. The van der Waals surface area contributed by atoms with Crippen molar-refractivity contribution in [3.05, 3.63) is 94.9 Å². The van der Waals surface area contributed by atoms with Crippen LogP contribution in [0.5, 0.6) is 5.75 Å². The van der Waals surface area contributed by atoms with Crippen LogP contribution in [0.25, 0.3) is 11.5 Å². The predicted octanol–water partition coefficient (Wildman–Crippen LogP) is 5.22. The number of hydrogen-bond donors (Lipinski definition) is 1. The van der Waals surface area contributed by atoms with E-state index in [1.54, 1.807) is 24.3 Å². The van der Waals surface area contributed by atoms with Crippen LogP contribution in [0.15, 0.2) is 71.2 Å². The maximum absolute atomic E-state index is 12.7. The van der Waals surface area contributed by atoms with Gasteiger partial charge in [0.1, 0.15) is 11.5 Å². The van der Waals surface area contributed by atoms with Crippen LogP contribution in [0.4, 0.5) is 0 Å². The molecule has 7 heteroatoms. The van der Waals surface area contributed by atoms with Gasteiger partial charge in [0.15, 0.2) is 6.04 Å². The first-order valence-electron chi connectivity index (χ1n) is 12.0. The lowest BCUT2D eigenvalue weighted by Crippen LogP contribution is -2.42. The summed E-state index contributed by atoms with van der Waals surface area (Å²) >= 11 is 0. The first kappa shape index (κ1) is 25.0. The monoisotopic (exact) mass is 486 g/mol. The number of ether oxygens (including phenoxy) is 1. The van der Waals surface area contributed by atoms with Crippen molar-refractivity contribution in [2.24, 2.45) is 0 Å². The van der Waals surface area contributed by atoms with E-state index < -0.39 is 12.0 Å². The second-order valence-corrected chi connectivity index (χ2v) is 8.75. The summed E-state index contributed by atoms with van der Waals surface area (Å²) in [6.45, 7) is 6.46. The average molecular weight is 487 g/mol. The number of fused-ring (bicyclic) bond motifs is 1. The second kappa shape index (κ2) is 11.1. The number of oxazole rings is 1. The molecule has 1 aromatic heterocycles. The van der Waals surface area contributed by atoms with Crippen LogP contribution in [-0.2, 0) is 22.4 Å². The molecule has 0 saturated heterocycles. The minimum Gasteiger partial charge on any atom is -0.493 e. The van der Waals surface area contributed by atoms with Gasteiger partial charge in [0.2, 0.25) is 11.8 Å². The van der Waals surface area contributed by atoms with E-state index in [0.29, 0.717) is 43.2 Å². The third-order valence-electron chi connectivity index (χ3n) is 6.20. The number of aliphatic carboxylic acids is 1. The smallest absolute Gasteiger partial charge is 0.331 e. The van der Waals surface area contributed by atoms with Crippen molar-refractivity contribution < 1.29 is 23.8 Å². The lowest BCUT2D eigenvalue weighted by molar-refractivity contribution is -0.149. The molecule has 3 aromatic rings. The molecule has 2 heterocycles. The Labute approximate surface area is 210 Å². The van der Waals surface area contributed by atoms with Crippen LogP contribution in [0, 0.1) is 13.8 Å². The summed E-state index contributed by atoms with van der Waals surface area (Å²) in [6.07, 6.45) is 7.68. The summed E-state index contributed by atoms with van der Waals surface area (Å²) in [5.74, 6) is 0.476. The lowest BCUT2D eigenvalue weighted by Gasteiger charge is -2.34. The highest BCUT2D eigenvalue weighted by Crippen LogP contribution is 2.33. The molecule has 1 unspecified atom stereocenters. The number of carbonyl (C=O) groups is 2. The molecule has 0 saturated carbocycles. The van der Waals surface area contributed by atoms with Gasteiger partial charge in [0.05, 0.1) is 12.3 Å². The normalized spacial score (nSPS) is 15.4. The number of allylic oxidation sites excluding steroid dienone is 3. The van der Waals surface area contributed by atoms with E-state index in [4.69, 9.17) is 9.15 Å². The second-order valence-electron chi connectivity index (χ2n) is 8.75. The van der Waals surface area contributed by atoms with Crippen molar-refractivity contribution in [1.82, 2.24) is 9.88 Å². The fraction of sp³-hybridized carbons (Fsp3) is 0.276. The molecule has 0 aliphatic carbocycles. The average Bonchev–Trinajstić information content (AvgIpc) is 3.23. The zero-order valence-corrected chi connectivity index (χ0v) is 20.7. The summed E-state index contributed by atoms with van der Waals surface area (Å²) in [4.78, 5) is 30.8. The molecule has 0 bridgehead atoms. The fourth-order valence-corrected chi connectivity index (χ4v) is 4.28. The van der Waals surface area contributed by atoms with Crippen LogP contribution in [0.2, 0.25) is 0 Å². The summed E-state index contributed by atoms with van der Waals surface area (Å²) in [5, 5.41) is 9.94. The first-order chi connectivity index (χ1) is 17.4. The Balaban J connectivity index is 1.46. The number of hydrogen-bond acceptors (Lipinski definition) is 5. The van der Waals surface area contributed by atoms with Crippen LogP contribution < -0.4 is 4.74 Å². The molecule has 0 fully saturated rings. The van der Waals surface area contributed by atoms with Crippen molar-refractivity contribution in [3.63, 3.8) is 0 Å². The summed E-state index contributed by atoms with van der Waals surface area (Å²) in [5.41, 5.74) is 4.40. The van der Waals surface area contributed by atoms with Crippen molar-refractivity contribution in [1.29, 1.82) is 0 Å². The van der Waals surface area contributed by atoms with Crippen LogP contribution >= 0.6 is 0 Å². The maximum Gasteiger partial charge on any atom is 0.331 e. The summed E-state index contributed by atoms with van der Waals surface area (Å²) in [7, 11) is 0. The van der Waals surface area contributed by atoms with Gasteiger partial charge in [0.25, 0.3) is 0 Å². The number of carboxylic acid groups (broad SMARTS) is 1. The standard InChI is InChI=1S/C29H30N2O5/c1-4-5-6-7-26(32)31-16-14-21-12-13-23(18-24(21)27(31)29(33)34)35-17-15-25-20(3)36-28(30-25)22-10-8-19(2)9-11-22/h4-13,18,27H,14-17H2,1-3H3,(H,33,34). The molecule has 186 valence electrons. The third kappa shape index (κ3) is 5.57. The molecule has 0 spiro atoms. The topological polar surface area (TPSA) is 92.9 Å². The van der Waals surface area contributed by atoms with E-state index in [1.807, 2.05) is 57.2 Å². The number of aryl methyl sites for hydroxylation is 2. The molecule has 7 nitrogen and oxygen atoms in total. The van der Waals surface area contributed by atoms with Gasteiger partial charge < -0.3 is 19.2 Å². The minimum absolute atomic E-state index is 0.330. The van der Waals surface area contributed by atoms with E-state index in [-0.39, 0.29) is 5.91 Å². The molecule has 1 atom stereocenters. The molecule has 36 heavy (non-hydrogen) atoms. The quantitative estimate of drug-likeness (QED) is 0.347. The van der Waals surface area contributed by atoms with Crippen molar-refractivity contribution >= 4 is 11.9 Å². The number of aromatic nitrogens is 1. The van der Waals surface area contributed by atoms with E-state index in [1.165, 1.54) is 16.5 Å². The highest BCUT2D eigenvalue weighted by atomic mass is 16.5. The van der Waals surface area contributed by atoms with Gasteiger partial charge in [-0.1, -0.05) is 42.0 Å². The molecule has 1 amide bonds. The van der Waals surface area contributed by atoms with Gasteiger partial charge in [-0.15, -0.1) is 0 Å². The number of carboxylic acids is 1. The molecule has 0 radical (unpaired) electrons. The Morgan fingerprint density at radius 1 is 1.17 bits per heavy atom. The predicted molar refractivity (Wildman–Crippen MR) is 137 cm³/mol. The van der Waals surface area contributed by atoms with Gasteiger partial charge in [-0.05, 0) is 62.6 Å². The Kier molecular flexibility index (Phi) is 7.68. The molecule has 1 aliphatic heterocycles. The molecule has 2 aromatic carbocycles. The van der Waals surface area contributed by atoms with Crippen LogP contribution in [-0.4, -0.2) is 40.0 Å². The van der Waals surface area contributed by atoms with E-state index in [2.05, 4.69) is 4.98 Å². The maximum atomic E-state index is 12.7. The highest BCUT2D eigenvalue weighted by molar-refractivity contribution is 5.92. The van der Waals surface area contributed by atoms with E-state index in [9.17, 15) is 14.7 Å². The lowest BCUT2D eigenvalue weighted by atomic mass is 9.92. The Bertz CT molecular complexity index is 1300. The zero-order valence-electron chi connectivity index (χ0n) is 20.7. The highest BCUT2D eigenvalue weighted by Gasteiger charge is 2.35. The third-order valence-corrected chi connectivity index (χ3v) is 6.20.